The van der Waals surface area contributed by atoms with E-state index in [1.807, 2.05) is 49.4 Å². The van der Waals surface area contributed by atoms with Crippen LogP contribution in [0.4, 0.5) is 5.13 Å². The van der Waals surface area contributed by atoms with Gasteiger partial charge in [0.25, 0.3) is 5.91 Å². The van der Waals surface area contributed by atoms with E-state index >= 15 is 0 Å². The summed E-state index contributed by atoms with van der Waals surface area (Å²) in [6, 6.07) is 13.4. The number of hydrogen-bond acceptors (Lipinski definition) is 7. The van der Waals surface area contributed by atoms with E-state index in [1.54, 1.807) is 14.2 Å². The van der Waals surface area contributed by atoms with Crippen LogP contribution in [0.15, 0.2) is 42.5 Å². The summed E-state index contributed by atoms with van der Waals surface area (Å²) in [5.74, 6) is 1.06. The van der Waals surface area contributed by atoms with Crippen molar-refractivity contribution in [3.8, 4) is 22.1 Å². The Kier molecular flexibility index (Phi) is 4.97. The lowest BCUT2D eigenvalue weighted by Gasteiger charge is -2.08. The van der Waals surface area contributed by atoms with Gasteiger partial charge in [0.05, 0.1) is 30.1 Å². The highest BCUT2D eigenvalue weighted by molar-refractivity contribution is 7.22. The maximum atomic E-state index is 12.8. The number of nitrogens with one attached hydrogen (secondary N) is 1. The summed E-state index contributed by atoms with van der Waals surface area (Å²) in [6.07, 6.45) is 0. The summed E-state index contributed by atoms with van der Waals surface area (Å²) >= 11 is 2.79. The molecule has 0 saturated heterocycles. The predicted molar refractivity (Wildman–Crippen MR) is 113 cm³/mol. The maximum Gasteiger partial charge on any atom is 0.269 e. The first kappa shape index (κ1) is 18.4. The summed E-state index contributed by atoms with van der Waals surface area (Å²) in [6.45, 7) is 1.83. The van der Waals surface area contributed by atoms with Gasteiger partial charge in [0, 0.05) is 5.56 Å². The summed E-state index contributed by atoms with van der Waals surface area (Å²) in [5.41, 5.74) is 2.41. The number of para-hydroxylation sites is 1. The van der Waals surface area contributed by atoms with Crippen LogP contribution in [0.5, 0.6) is 11.5 Å². The summed E-state index contributed by atoms with van der Waals surface area (Å²) < 4.78 is 11.7. The van der Waals surface area contributed by atoms with E-state index in [9.17, 15) is 4.79 Å². The van der Waals surface area contributed by atoms with Crippen LogP contribution >= 0.6 is 22.7 Å². The van der Waals surface area contributed by atoms with Gasteiger partial charge in [0.2, 0.25) is 0 Å². The van der Waals surface area contributed by atoms with Gasteiger partial charge in [0.1, 0.15) is 9.88 Å². The fraction of sp³-hybridized carbons (Fsp3) is 0.150. The zero-order valence-corrected chi connectivity index (χ0v) is 17.1. The number of benzene rings is 2. The second-order valence-electron chi connectivity index (χ2n) is 5.94. The first-order valence-corrected chi connectivity index (χ1v) is 10.1. The molecule has 0 atom stereocenters. The number of carbonyl (C=O) groups excluding carboxylic acids is 1. The molecule has 0 radical (unpaired) electrons. The van der Waals surface area contributed by atoms with Crippen molar-refractivity contribution in [2.45, 2.75) is 6.92 Å². The molecule has 2 aromatic heterocycles. The van der Waals surface area contributed by atoms with Gasteiger partial charge < -0.3 is 9.47 Å². The zero-order valence-electron chi connectivity index (χ0n) is 15.5. The Hall–Kier alpha value is -2.97. The second-order valence-corrected chi connectivity index (χ2v) is 7.97. The van der Waals surface area contributed by atoms with Gasteiger partial charge in [-0.15, -0.1) is 11.3 Å². The molecule has 8 heteroatoms. The third-order valence-electron chi connectivity index (χ3n) is 4.15. The number of carbonyl (C=O) groups is 1. The number of ether oxygens (including phenoxy) is 2. The van der Waals surface area contributed by atoms with Crippen LogP contribution in [0.25, 0.3) is 20.8 Å². The van der Waals surface area contributed by atoms with Crippen molar-refractivity contribution in [3.05, 3.63) is 53.0 Å². The van der Waals surface area contributed by atoms with Crippen molar-refractivity contribution < 1.29 is 14.3 Å². The molecule has 0 unspecified atom stereocenters. The van der Waals surface area contributed by atoms with Crippen molar-refractivity contribution >= 4 is 43.9 Å². The molecule has 28 heavy (non-hydrogen) atoms. The van der Waals surface area contributed by atoms with Gasteiger partial charge in [0.15, 0.2) is 16.6 Å². The monoisotopic (exact) mass is 411 g/mol. The second kappa shape index (κ2) is 7.57. The molecule has 142 valence electrons. The lowest BCUT2D eigenvalue weighted by Crippen LogP contribution is -2.11. The minimum absolute atomic E-state index is 0.208. The molecular formula is C20H17N3O3S2. The Morgan fingerprint density at radius 2 is 1.79 bits per heavy atom. The van der Waals surface area contributed by atoms with Crippen molar-refractivity contribution in [2.24, 2.45) is 0 Å². The van der Waals surface area contributed by atoms with E-state index in [0.717, 1.165) is 20.8 Å². The third kappa shape index (κ3) is 3.44. The van der Waals surface area contributed by atoms with Gasteiger partial charge in [-0.05, 0) is 37.3 Å². The molecule has 2 aromatic carbocycles. The quantitative estimate of drug-likeness (QED) is 0.500. The van der Waals surface area contributed by atoms with Crippen LogP contribution in [0, 0.1) is 6.92 Å². The standard InChI is InChI=1S/C20H17N3O3S2/c1-11-17(18(24)23-20-22-13-6-4-5-7-16(13)27-20)28-19(21-11)12-8-9-14(25-2)15(10-12)26-3/h4-10H,1-3H3,(H,22,23,24). The van der Waals surface area contributed by atoms with E-state index in [2.05, 4.69) is 15.3 Å². The van der Waals surface area contributed by atoms with E-state index < -0.39 is 0 Å². The number of nitrogens with zero attached hydrogens (tertiary/aromatic N) is 2. The molecular weight excluding hydrogens is 394 g/mol. The zero-order chi connectivity index (χ0) is 19.7. The molecule has 0 aliphatic heterocycles. The Morgan fingerprint density at radius 3 is 2.54 bits per heavy atom. The number of aromatic nitrogens is 2. The molecule has 1 N–H and O–H groups in total. The van der Waals surface area contributed by atoms with E-state index in [1.165, 1.54) is 22.7 Å². The van der Waals surface area contributed by atoms with E-state index in [4.69, 9.17) is 9.47 Å². The Morgan fingerprint density at radius 1 is 1.00 bits per heavy atom. The number of anilines is 1. The Labute approximate surface area is 169 Å². The van der Waals surface area contributed by atoms with Gasteiger partial charge in [-0.25, -0.2) is 9.97 Å². The van der Waals surface area contributed by atoms with Crippen LogP contribution in [-0.2, 0) is 0 Å². The first-order chi connectivity index (χ1) is 13.6. The summed E-state index contributed by atoms with van der Waals surface area (Å²) in [4.78, 5) is 22.3. The fourth-order valence-electron chi connectivity index (χ4n) is 2.78. The molecule has 0 saturated carbocycles. The normalized spacial score (nSPS) is 10.8. The summed E-state index contributed by atoms with van der Waals surface area (Å²) in [5, 5.41) is 4.21. The number of aryl methyl sites for hydroxylation is 1. The van der Waals surface area contributed by atoms with Crippen molar-refractivity contribution in [3.63, 3.8) is 0 Å². The number of hydrogen-bond donors (Lipinski definition) is 1. The molecule has 0 spiro atoms. The topological polar surface area (TPSA) is 73.3 Å². The number of methoxy groups -OCH3 is 2. The van der Waals surface area contributed by atoms with Crippen LogP contribution in [0.2, 0.25) is 0 Å². The lowest BCUT2D eigenvalue weighted by molar-refractivity contribution is 0.103. The fourth-order valence-corrected chi connectivity index (χ4v) is 4.60. The average molecular weight is 412 g/mol. The lowest BCUT2D eigenvalue weighted by atomic mass is 10.2. The number of fused-ring (bicyclic) bond motifs is 1. The van der Waals surface area contributed by atoms with Crippen molar-refractivity contribution in [1.82, 2.24) is 9.97 Å². The number of amides is 1. The van der Waals surface area contributed by atoms with Gasteiger partial charge in [-0.2, -0.15) is 0 Å². The number of thiazole rings is 2. The van der Waals surface area contributed by atoms with Crippen LogP contribution in [0.1, 0.15) is 15.4 Å². The minimum Gasteiger partial charge on any atom is -0.493 e. The Bertz CT molecular complexity index is 1130. The largest absolute Gasteiger partial charge is 0.493 e. The average Bonchev–Trinajstić information content (AvgIpc) is 3.30. The van der Waals surface area contributed by atoms with Crippen molar-refractivity contribution in [1.29, 1.82) is 0 Å². The minimum atomic E-state index is -0.208. The van der Waals surface area contributed by atoms with E-state index in [0.29, 0.717) is 27.2 Å². The van der Waals surface area contributed by atoms with Gasteiger partial charge in [-0.3, -0.25) is 10.1 Å². The summed E-state index contributed by atoms with van der Waals surface area (Å²) in [7, 11) is 3.18. The van der Waals surface area contributed by atoms with Gasteiger partial charge >= 0.3 is 0 Å². The molecule has 0 aliphatic carbocycles. The highest BCUT2D eigenvalue weighted by Gasteiger charge is 2.18. The molecule has 0 bridgehead atoms. The molecule has 0 aliphatic rings. The molecule has 6 nitrogen and oxygen atoms in total. The highest BCUT2D eigenvalue weighted by Crippen LogP contribution is 2.35. The van der Waals surface area contributed by atoms with Crippen LogP contribution in [0.3, 0.4) is 0 Å². The molecule has 4 aromatic rings. The highest BCUT2D eigenvalue weighted by atomic mass is 32.1. The smallest absolute Gasteiger partial charge is 0.269 e. The van der Waals surface area contributed by atoms with Crippen LogP contribution in [-0.4, -0.2) is 30.1 Å². The van der Waals surface area contributed by atoms with Crippen LogP contribution < -0.4 is 14.8 Å². The number of rotatable bonds is 5. The predicted octanol–water partition coefficient (Wildman–Crippen LogP) is 5.00. The Balaban J connectivity index is 1.61. The van der Waals surface area contributed by atoms with E-state index in [-0.39, 0.29) is 5.91 Å². The van der Waals surface area contributed by atoms with Gasteiger partial charge in [-0.1, -0.05) is 23.5 Å². The first-order valence-electron chi connectivity index (χ1n) is 8.46. The molecule has 4 rings (SSSR count). The molecule has 1 amide bonds. The maximum absolute atomic E-state index is 12.8. The van der Waals surface area contributed by atoms with Crippen molar-refractivity contribution in [2.75, 3.05) is 19.5 Å². The SMILES string of the molecule is COc1ccc(-c2nc(C)c(C(=O)Nc3nc4ccccc4s3)s2)cc1OC. The molecule has 0 fully saturated rings. The third-order valence-corrected chi connectivity index (χ3v) is 6.30. The molecule has 2 heterocycles.